The Morgan fingerprint density at radius 3 is 2.76 bits per heavy atom. The molecule has 2 aromatic rings. The molecule has 1 aliphatic rings. The predicted molar refractivity (Wildman–Crippen MR) is 74.4 cm³/mol. The maximum atomic E-state index is 12.9. The largest absolute Gasteiger partial charge is 0.586 e. The molecule has 1 aromatic carbocycles. The van der Waals surface area contributed by atoms with Crippen molar-refractivity contribution < 1.29 is 22.7 Å². The molecule has 0 amide bonds. The molecule has 110 valence electrons. The maximum absolute atomic E-state index is 12.9. The van der Waals surface area contributed by atoms with Crippen molar-refractivity contribution in [3.63, 3.8) is 0 Å². The van der Waals surface area contributed by atoms with Gasteiger partial charge in [-0.05, 0) is 36.5 Å². The van der Waals surface area contributed by atoms with E-state index >= 15 is 0 Å². The normalized spacial score (nSPS) is 14.8. The van der Waals surface area contributed by atoms with Crippen LogP contribution in [-0.4, -0.2) is 11.4 Å². The van der Waals surface area contributed by atoms with Crippen LogP contribution in [0.5, 0.6) is 11.5 Å². The Labute approximate surface area is 123 Å². The SMILES string of the molecule is FC1(F)Oc2ccc(NC(=S)NCc3ccco3)cc2O1. The molecule has 0 aliphatic carbocycles. The number of ether oxygens (including phenoxy) is 2. The summed E-state index contributed by atoms with van der Waals surface area (Å²) in [6, 6.07) is 7.90. The zero-order valence-corrected chi connectivity index (χ0v) is 11.4. The van der Waals surface area contributed by atoms with Crippen molar-refractivity contribution in [2.75, 3.05) is 5.32 Å². The number of halogens is 2. The average Bonchev–Trinajstić information content (AvgIpc) is 3.01. The van der Waals surface area contributed by atoms with Gasteiger partial charge in [0.2, 0.25) is 0 Å². The number of fused-ring (bicyclic) bond motifs is 1. The van der Waals surface area contributed by atoms with Crippen LogP contribution in [0, 0.1) is 0 Å². The van der Waals surface area contributed by atoms with Gasteiger partial charge in [-0.25, -0.2) is 0 Å². The molecule has 8 heteroatoms. The lowest BCUT2D eigenvalue weighted by atomic mass is 10.3. The highest BCUT2D eigenvalue weighted by Crippen LogP contribution is 2.42. The first-order chi connectivity index (χ1) is 10.0. The Morgan fingerprint density at radius 2 is 2.00 bits per heavy atom. The molecule has 0 saturated heterocycles. The van der Waals surface area contributed by atoms with Crippen LogP contribution in [0.1, 0.15) is 5.76 Å². The number of hydrogen-bond donors (Lipinski definition) is 2. The van der Waals surface area contributed by atoms with Gasteiger partial charge >= 0.3 is 6.29 Å². The van der Waals surface area contributed by atoms with Gasteiger partial charge in [-0.1, -0.05) is 0 Å². The number of nitrogens with one attached hydrogen (secondary N) is 2. The highest BCUT2D eigenvalue weighted by molar-refractivity contribution is 7.80. The highest BCUT2D eigenvalue weighted by Gasteiger charge is 2.43. The number of alkyl halides is 2. The smallest absolute Gasteiger partial charge is 0.467 e. The molecule has 2 N–H and O–H groups in total. The summed E-state index contributed by atoms with van der Waals surface area (Å²) in [5.41, 5.74) is 0.506. The molecule has 0 unspecified atom stereocenters. The first kappa shape index (κ1) is 13.6. The van der Waals surface area contributed by atoms with E-state index in [9.17, 15) is 8.78 Å². The number of furan rings is 1. The van der Waals surface area contributed by atoms with Gasteiger partial charge in [-0.3, -0.25) is 0 Å². The van der Waals surface area contributed by atoms with Gasteiger partial charge in [-0.15, -0.1) is 8.78 Å². The molecule has 5 nitrogen and oxygen atoms in total. The summed E-state index contributed by atoms with van der Waals surface area (Å²) in [4.78, 5) is 0. The van der Waals surface area contributed by atoms with Gasteiger partial charge in [0.25, 0.3) is 0 Å². The fourth-order valence-electron chi connectivity index (χ4n) is 1.78. The number of thiocarbonyl (C=S) groups is 1. The zero-order chi connectivity index (χ0) is 14.9. The summed E-state index contributed by atoms with van der Waals surface area (Å²) in [5, 5.41) is 6.11. The fourth-order valence-corrected chi connectivity index (χ4v) is 1.97. The van der Waals surface area contributed by atoms with Crippen LogP contribution in [0.3, 0.4) is 0 Å². The van der Waals surface area contributed by atoms with Crippen LogP contribution < -0.4 is 20.1 Å². The van der Waals surface area contributed by atoms with E-state index in [0.717, 1.165) is 5.76 Å². The summed E-state index contributed by atoms with van der Waals surface area (Å²) < 4.78 is 39.6. The first-order valence-electron chi connectivity index (χ1n) is 5.99. The molecular formula is C13H10F2N2O3S. The third kappa shape index (κ3) is 3.22. The maximum Gasteiger partial charge on any atom is 0.586 e. The Hall–Kier alpha value is -2.35. The van der Waals surface area contributed by atoms with Crippen molar-refractivity contribution in [2.45, 2.75) is 12.8 Å². The van der Waals surface area contributed by atoms with Gasteiger partial charge in [0.1, 0.15) is 5.76 Å². The van der Waals surface area contributed by atoms with Crippen molar-refractivity contribution in [1.29, 1.82) is 0 Å². The fraction of sp³-hybridized carbons (Fsp3) is 0.154. The number of anilines is 1. The summed E-state index contributed by atoms with van der Waals surface area (Å²) in [6.45, 7) is 0.418. The van der Waals surface area contributed by atoms with Crippen LogP contribution >= 0.6 is 12.2 Å². The quantitative estimate of drug-likeness (QED) is 0.850. The van der Waals surface area contributed by atoms with Crippen molar-refractivity contribution in [2.24, 2.45) is 0 Å². The van der Waals surface area contributed by atoms with E-state index in [-0.39, 0.29) is 11.5 Å². The highest BCUT2D eigenvalue weighted by atomic mass is 32.1. The minimum Gasteiger partial charge on any atom is -0.467 e. The molecule has 2 heterocycles. The Morgan fingerprint density at radius 1 is 1.19 bits per heavy atom. The van der Waals surface area contributed by atoms with E-state index in [2.05, 4.69) is 20.1 Å². The van der Waals surface area contributed by atoms with Crippen LogP contribution in [0.25, 0.3) is 0 Å². The van der Waals surface area contributed by atoms with E-state index in [1.54, 1.807) is 24.5 Å². The minimum absolute atomic E-state index is 0.0139. The summed E-state index contributed by atoms with van der Waals surface area (Å²) in [7, 11) is 0. The molecule has 0 saturated carbocycles. The van der Waals surface area contributed by atoms with E-state index in [1.165, 1.54) is 12.1 Å². The van der Waals surface area contributed by atoms with E-state index in [0.29, 0.717) is 17.3 Å². The number of hydrogen-bond acceptors (Lipinski definition) is 4. The van der Waals surface area contributed by atoms with Crippen LogP contribution in [0.2, 0.25) is 0 Å². The molecule has 0 spiro atoms. The Kier molecular flexibility index (Phi) is 3.38. The monoisotopic (exact) mass is 312 g/mol. The molecule has 3 rings (SSSR count). The minimum atomic E-state index is -3.63. The second kappa shape index (κ2) is 5.21. The molecular weight excluding hydrogens is 302 g/mol. The van der Waals surface area contributed by atoms with Crippen LogP contribution in [0.4, 0.5) is 14.5 Å². The summed E-state index contributed by atoms with van der Waals surface area (Å²) in [5.74, 6) is 0.670. The molecule has 1 aliphatic heterocycles. The van der Waals surface area contributed by atoms with E-state index in [1.807, 2.05) is 0 Å². The van der Waals surface area contributed by atoms with Gasteiger partial charge in [0, 0.05) is 11.8 Å². The standard InChI is InChI=1S/C13H10F2N2O3S/c14-13(15)19-10-4-3-8(6-11(10)20-13)17-12(21)16-7-9-2-1-5-18-9/h1-6H,7H2,(H2,16,17,21). The topological polar surface area (TPSA) is 55.7 Å². The first-order valence-corrected chi connectivity index (χ1v) is 6.40. The molecule has 0 atom stereocenters. The van der Waals surface area contributed by atoms with Gasteiger partial charge in [0.15, 0.2) is 16.6 Å². The van der Waals surface area contributed by atoms with Crippen LogP contribution in [-0.2, 0) is 6.54 Å². The van der Waals surface area contributed by atoms with Crippen molar-refractivity contribution in [3.8, 4) is 11.5 Å². The summed E-state index contributed by atoms with van der Waals surface area (Å²) >= 11 is 5.10. The summed E-state index contributed by atoms with van der Waals surface area (Å²) in [6.07, 6.45) is -2.06. The van der Waals surface area contributed by atoms with Gasteiger partial charge in [0.05, 0.1) is 12.8 Å². The molecule has 0 bridgehead atoms. The second-order valence-corrected chi connectivity index (χ2v) is 4.62. The lowest BCUT2D eigenvalue weighted by Crippen LogP contribution is -2.27. The molecule has 0 radical (unpaired) electrons. The lowest BCUT2D eigenvalue weighted by Gasteiger charge is -2.09. The third-order valence-corrected chi connectivity index (χ3v) is 2.91. The number of benzene rings is 1. The van der Waals surface area contributed by atoms with Crippen LogP contribution in [0.15, 0.2) is 41.0 Å². The second-order valence-electron chi connectivity index (χ2n) is 4.22. The Bertz CT molecular complexity index is 661. The van der Waals surface area contributed by atoms with E-state index < -0.39 is 6.29 Å². The van der Waals surface area contributed by atoms with Gasteiger partial charge in [-0.2, -0.15) is 0 Å². The van der Waals surface area contributed by atoms with Gasteiger partial charge < -0.3 is 24.5 Å². The molecule has 21 heavy (non-hydrogen) atoms. The molecule has 0 fully saturated rings. The van der Waals surface area contributed by atoms with E-state index in [4.69, 9.17) is 16.6 Å². The Balaban J connectivity index is 1.60. The predicted octanol–water partition coefficient (Wildman–Crippen LogP) is 3.09. The lowest BCUT2D eigenvalue weighted by molar-refractivity contribution is -0.286. The molecule has 1 aromatic heterocycles. The number of rotatable bonds is 3. The third-order valence-electron chi connectivity index (χ3n) is 2.66. The van der Waals surface area contributed by atoms with Crippen molar-refractivity contribution >= 4 is 23.0 Å². The zero-order valence-electron chi connectivity index (χ0n) is 10.6. The van der Waals surface area contributed by atoms with Crippen molar-refractivity contribution in [1.82, 2.24) is 5.32 Å². The average molecular weight is 312 g/mol. The van der Waals surface area contributed by atoms with Crippen molar-refractivity contribution in [3.05, 3.63) is 42.4 Å².